The van der Waals surface area contributed by atoms with Crippen molar-refractivity contribution in [3.05, 3.63) is 12.1 Å². The maximum absolute atomic E-state index is 6.08. The maximum Gasteiger partial charge on any atom is 0.222 e. The number of aromatic nitrogens is 2. The van der Waals surface area contributed by atoms with Gasteiger partial charge in [-0.3, -0.25) is 0 Å². The number of fused-ring (bicyclic) bond motifs is 1. The summed E-state index contributed by atoms with van der Waals surface area (Å²) in [4.78, 5) is 14.0. The van der Waals surface area contributed by atoms with Gasteiger partial charge in [-0.25, -0.2) is 4.98 Å². The Morgan fingerprint density at radius 3 is 2.53 bits per heavy atom. The van der Waals surface area contributed by atoms with E-state index in [0.29, 0.717) is 30.2 Å². The molecule has 0 saturated carbocycles. The van der Waals surface area contributed by atoms with E-state index in [-0.39, 0.29) is 5.95 Å². The minimum atomic E-state index is 0.268. The predicted octanol–water partition coefficient (Wildman–Crippen LogP) is 3.37. The van der Waals surface area contributed by atoms with Crippen LogP contribution in [0, 0.1) is 0 Å². The van der Waals surface area contributed by atoms with Crippen LogP contribution in [-0.4, -0.2) is 78.3 Å². The van der Waals surface area contributed by atoms with Crippen molar-refractivity contribution in [2.24, 2.45) is 0 Å². The molecule has 2 aromatic rings. The molecule has 0 amide bonds. The molecule has 2 aliphatic rings. The molecule has 0 radical (unpaired) electrons. The second-order valence-electron chi connectivity index (χ2n) is 9.25. The van der Waals surface area contributed by atoms with Crippen LogP contribution in [0.1, 0.15) is 46.0 Å². The molecule has 176 valence electrons. The number of hydrogen-bond donors (Lipinski definition) is 2. The molecule has 3 heterocycles. The number of nitrogens with one attached hydrogen (secondary N) is 1. The molecule has 8 heteroatoms. The lowest BCUT2D eigenvalue weighted by atomic mass is 10.0. The lowest BCUT2D eigenvalue weighted by Gasteiger charge is -2.35. The van der Waals surface area contributed by atoms with Crippen LogP contribution < -0.4 is 20.5 Å². The van der Waals surface area contributed by atoms with Crippen LogP contribution in [0.4, 0.5) is 11.8 Å². The van der Waals surface area contributed by atoms with Gasteiger partial charge in [0.25, 0.3) is 0 Å². The molecule has 4 rings (SSSR count). The van der Waals surface area contributed by atoms with Crippen LogP contribution in [0.3, 0.4) is 0 Å². The molecule has 1 aromatic heterocycles. The van der Waals surface area contributed by atoms with Crippen LogP contribution in [0.2, 0.25) is 0 Å². The van der Waals surface area contributed by atoms with E-state index in [2.05, 4.69) is 38.9 Å². The van der Waals surface area contributed by atoms with Crippen LogP contribution >= 0.6 is 0 Å². The van der Waals surface area contributed by atoms with E-state index in [1.807, 2.05) is 12.1 Å². The summed E-state index contributed by atoms with van der Waals surface area (Å²) in [5.74, 6) is 2.44. The zero-order chi connectivity index (χ0) is 22.5. The van der Waals surface area contributed by atoms with Crippen molar-refractivity contribution < 1.29 is 9.47 Å². The first-order valence-electron chi connectivity index (χ1n) is 12.0. The summed E-state index contributed by atoms with van der Waals surface area (Å²) in [6, 6.07) is 4.85. The lowest BCUT2D eigenvalue weighted by Crippen LogP contribution is -2.42. The van der Waals surface area contributed by atoms with E-state index >= 15 is 0 Å². The molecule has 2 saturated heterocycles. The normalized spacial score (nSPS) is 18.5. The van der Waals surface area contributed by atoms with Crippen molar-refractivity contribution in [1.82, 2.24) is 19.8 Å². The fourth-order valence-electron chi connectivity index (χ4n) is 4.77. The number of benzene rings is 1. The van der Waals surface area contributed by atoms with Crippen LogP contribution in [0.5, 0.6) is 11.5 Å². The van der Waals surface area contributed by atoms with Crippen molar-refractivity contribution in [1.29, 1.82) is 0 Å². The predicted molar refractivity (Wildman–Crippen MR) is 130 cm³/mol. The van der Waals surface area contributed by atoms with Gasteiger partial charge in [-0.1, -0.05) is 0 Å². The smallest absolute Gasteiger partial charge is 0.222 e. The zero-order valence-corrected chi connectivity index (χ0v) is 19.8. The van der Waals surface area contributed by atoms with E-state index in [1.165, 1.54) is 25.9 Å². The molecule has 32 heavy (non-hydrogen) atoms. The zero-order valence-electron chi connectivity index (χ0n) is 19.8. The second-order valence-corrected chi connectivity index (χ2v) is 9.25. The third kappa shape index (κ3) is 5.53. The van der Waals surface area contributed by atoms with E-state index in [0.717, 1.165) is 55.6 Å². The highest BCUT2D eigenvalue weighted by Gasteiger charge is 2.22. The van der Waals surface area contributed by atoms with Crippen molar-refractivity contribution in [2.45, 2.75) is 58.0 Å². The number of nitrogens with zero attached hydrogens (tertiary/aromatic N) is 4. The van der Waals surface area contributed by atoms with Gasteiger partial charge in [0.2, 0.25) is 5.95 Å². The average molecular weight is 443 g/mol. The Morgan fingerprint density at radius 2 is 1.84 bits per heavy atom. The quantitative estimate of drug-likeness (QED) is 0.572. The van der Waals surface area contributed by atoms with Gasteiger partial charge in [0.1, 0.15) is 5.82 Å². The molecule has 2 fully saturated rings. The first-order chi connectivity index (χ1) is 15.5. The third-order valence-electron chi connectivity index (χ3n) is 6.67. The van der Waals surface area contributed by atoms with E-state index < -0.39 is 0 Å². The number of anilines is 2. The van der Waals surface area contributed by atoms with Gasteiger partial charge in [0, 0.05) is 43.2 Å². The van der Waals surface area contributed by atoms with Gasteiger partial charge in [-0.15, -0.1) is 0 Å². The molecule has 0 aliphatic carbocycles. The lowest BCUT2D eigenvalue weighted by molar-refractivity contribution is 0.177. The number of methoxy groups -OCH3 is 1. The maximum atomic E-state index is 6.08. The van der Waals surface area contributed by atoms with Crippen molar-refractivity contribution in [3.63, 3.8) is 0 Å². The summed E-state index contributed by atoms with van der Waals surface area (Å²) in [6.45, 7) is 10.8. The summed E-state index contributed by atoms with van der Waals surface area (Å²) in [6.07, 6.45) is 5.79. The number of likely N-dealkylation sites (tertiary alicyclic amines) is 2. The van der Waals surface area contributed by atoms with Crippen molar-refractivity contribution >= 4 is 22.7 Å². The summed E-state index contributed by atoms with van der Waals surface area (Å²) in [7, 11) is 1.67. The Hall–Kier alpha value is -2.32. The standard InChI is InChI=1S/C24H38N6O2/c1-17(2)30-12-7-18(8-13-30)26-23-19-15-21(31-3)22(16-20(19)27-24(25)28-23)32-14-6-11-29-9-4-5-10-29/h15-18H,4-14H2,1-3H3,(H3,25,26,27,28). The van der Waals surface area contributed by atoms with Crippen LogP contribution in [0.15, 0.2) is 12.1 Å². The van der Waals surface area contributed by atoms with E-state index in [9.17, 15) is 0 Å². The monoisotopic (exact) mass is 442 g/mol. The Labute approximate surface area is 191 Å². The number of nitrogen functional groups attached to an aromatic ring is 1. The molecule has 1 aromatic carbocycles. The molecule has 0 atom stereocenters. The summed E-state index contributed by atoms with van der Waals surface area (Å²) >= 11 is 0. The van der Waals surface area contributed by atoms with Gasteiger partial charge in [0.15, 0.2) is 11.5 Å². The highest BCUT2D eigenvalue weighted by molar-refractivity contribution is 5.92. The van der Waals surface area contributed by atoms with Crippen molar-refractivity contribution in [2.75, 3.05) is 57.5 Å². The Kier molecular flexibility index (Phi) is 7.52. The average Bonchev–Trinajstić information content (AvgIpc) is 3.30. The minimum Gasteiger partial charge on any atom is -0.493 e. The first kappa shape index (κ1) is 22.9. The number of rotatable bonds is 9. The van der Waals surface area contributed by atoms with Crippen LogP contribution in [-0.2, 0) is 0 Å². The van der Waals surface area contributed by atoms with Gasteiger partial charge in [0.05, 0.1) is 19.2 Å². The fraction of sp³-hybridized carbons (Fsp3) is 0.667. The first-order valence-corrected chi connectivity index (χ1v) is 12.0. The minimum absolute atomic E-state index is 0.268. The van der Waals surface area contributed by atoms with Gasteiger partial charge >= 0.3 is 0 Å². The van der Waals surface area contributed by atoms with Crippen molar-refractivity contribution in [3.8, 4) is 11.5 Å². The van der Waals surface area contributed by atoms with Gasteiger partial charge in [-0.05, 0) is 65.1 Å². The van der Waals surface area contributed by atoms with Crippen LogP contribution in [0.25, 0.3) is 10.9 Å². The molecule has 3 N–H and O–H groups in total. The van der Waals surface area contributed by atoms with E-state index in [1.54, 1.807) is 7.11 Å². The Balaban J connectivity index is 1.46. The second kappa shape index (κ2) is 10.5. The Bertz CT molecular complexity index is 892. The summed E-state index contributed by atoms with van der Waals surface area (Å²) in [5, 5.41) is 4.53. The fourth-order valence-corrected chi connectivity index (χ4v) is 4.77. The number of piperidine rings is 1. The molecule has 0 unspecified atom stereocenters. The number of hydrogen-bond acceptors (Lipinski definition) is 8. The summed E-state index contributed by atoms with van der Waals surface area (Å²) < 4.78 is 11.7. The number of nitrogens with two attached hydrogens (primary N) is 1. The third-order valence-corrected chi connectivity index (χ3v) is 6.67. The highest BCUT2D eigenvalue weighted by Crippen LogP contribution is 2.35. The molecule has 0 bridgehead atoms. The van der Waals surface area contributed by atoms with Gasteiger partial charge < -0.3 is 30.3 Å². The Morgan fingerprint density at radius 1 is 1.09 bits per heavy atom. The summed E-state index contributed by atoms with van der Waals surface area (Å²) in [5.41, 5.74) is 6.83. The number of ether oxygens (including phenoxy) is 2. The molecule has 8 nitrogen and oxygen atoms in total. The molecule has 0 spiro atoms. The van der Waals surface area contributed by atoms with Gasteiger partial charge in [-0.2, -0.15) is 4.98 Å². The SMILES string of the molecule is COc1cc2c(NC3CCN(C(C)C)CC3)nc(N)nc2cc1OCCCN1CCCC1. The largest absolute Gasteiger partial charge is 0.493 e. The molecular weight excluding hydrogens is 404 g/mol. The topological polar surface area (TPSA) is 88.8 Å². The highest BCUT2D eigenvalue weighted by atomic mass is 16.5. The van der Waals surface area contributed by atoms with E-state index in [4.69, 9.17) is 15.2 Å². The molecular formula is C24H38N6O2. The molecule has 2 aliphatic heterocycles.